The summed E-state index contributed by atoms with van der Waals surface area (Å²) in [7, 11) is 0. The quantitative estimate of drug-likeness (QED) is 0.797. The Morgan fingerprint density at radius 3 is 2.78 bits per heavy atom. The summed E-state index contributed by atoms with van der Waals surface area (Å²) in [5.74, 6) is 1.59. The van der Waals surface area contributed by atoms with Gasteiger partial charge >= 0.3 is 6.03 Å². The van der Waals surface area contributed by atoms with Gasteiger partial charge in [-0.05, 0) is 31.0 Å². The lowest BCUT2D eigenvalue weighted by Crippen LogP contribution is -2.41. The molecular weight excluding hydrogens is 352 g/mol. The molecule has 4 rings (SSSR count). The molecule has 27 heavy (non-hydrogen) atoms. The van der Waals surface area contributed by atoms with Gasteiger partial charge in [-0.2, -0.15) is 4.98 Å². The average molecular weight is 372 g/mol. The fraction of sp³-hybridized carbons (Fsp3) is 0.444. The molecule has 2 aromatic rings. The van der Waals surface area contributed by atoms with Crippen LogP contribution in [0.3, 0.4) is 0 Å². The second-order valence-corrected chi connectivity index (χ2v) is 6.66. The number of urea groups is 1. The van der Waals surface area contributed by atoms with Gasteiger partial charge in [-0.3, -0.25) is 9.69 Å². The molecule has 1 fully saturated rings. The Balaban J connectivity index is 1.57. The second kappa shape index (κ2) is 6.57. The zero-order valence-electron chi connectivity index (χ0n) is 15.2. The third kappa shape index (κ3) is 2.98. The lowest BCUT2D eigenvalue weighted by Gasteiger charge is -2.25. The van der Waals surface area contributed by atoms with Gasteiger partial charge in [-0.15, -0.1) is 0 Å². The van der Waals surface area contributed by atoms with Crippen LogP contribution in [0.2, 0.25) is 0 Å². The van der Waals surface area contributed by atoms with E-state index in [1.165, 1.54) is 0 Å². The summed E-state index contributed by atoms with van der Waals surface area (Å²) < 4.78 is 16.2. The van der Waals surface area contributed by atoms with Gasteiger partial charge < -0.3 is 19.3 Å². The fourth-order valence-corrected chi connectivity index (χ4v) is 3.20. The van der Waals surface area contributed by atoms with Crippen molar-refractivity contribution in [2.75, 3.05) is 13.2 Å². The van der Waals surface area contributed by atoms with E-state index in [0.29, 0.717) is 48.4 Å². The third-order valence-electron chi connectivity index (χ3n) is 4.67. The standard InChI is InChI=1S/C18H20N4O5/c1-3-4-15-19-14(21-27-15)10-22-16(23)18(2,20-17(22)24)11-5-6-12-13(9-11)26-8-7-25-12/h5-6,9H,3-4,7-8,10H2,1-2H3,(H,20,24)/t18-/m1/s1. The Bertz CT molecular complexity index is 896. The number of hydrogen-bond acceptors (Lipinski definition) is 7. The first-order valence-electron chi connectivity index (χ1n) is 8.87. The molecule has 0 unspecified atom stereocenters. The van der Waals surface area contributed by atoms with Gasteiger partial charge in [0.1, 0.15) is 18.8 Å². The summed E-state index contributed by atoms with van der Waals surface area (Å²) in [6.07, 6.45) is 1.52. The molecule has 0 spiro atoms. The zero-order chi connectivity index (χ0) is 19.0. The van der Waals surface area contributed by atoms with Crippen molar-refractivity contribution in [1.82, 2.24) is 20.4 Å². The Morgan fingerprint density at radius 2 is 2.00 bits per heavy atom. The first kappa shape index (κ1) is 17.3. The molecule has 9 heteroatoms. The van der Waals surface area contributed by atoms with Crippen LogP contribution in [0.4, 0.5) is 4.79 Å². The summed E-state index contributed by atoms with van der Waals surface area (Å²) in [6.45, 7) is 4.55. The first-order valence-corrected chi connectivity index (χ1v) is 8.87. The van der Waals surface area contributed by atoms with E-state index in [1.807, 2.05) is 6.92 Å². The Morgan fingerprint density at radius 1 is 1.22 bits per heavy atom. The Labute approximate surface area is 155 Å². The van der Waals surface area contributed by atoms with E-state index in [9.17, 15) is 9.59 Å². The van der Waals surface area contributed by atoms with Crippen molar-refractivity contribution in [2.24, 2.45) is 0 Å². The van der Waals surface area contributed by atoms with Gasteiger partial charge in [0.05, 0.1) is 6.54 Å². The highest BCUT2D eigenvalue weighted by atomic mass is 16.6. The summed E-state index contributed by atoms with van der Waals surface area (Å²) in [4.78, 5) is 30.8. The smallest absolute Gasteiger partial charge is 0.325 e. The van der Waals surface area contributed by atoms with Crippen molar-refractivity contribution in [3.63, 3.8) is 0 Å². The van der Waals surface area contributed by atoms with Gasteiger partial charge in [-0.1, -0.05) is 18.1 Å². The van der Waals surface area contributed by atoms with Crippen LogP contribution >= 0.6 is 0 Å². The van der Waals surface area contributed by atoms with Crippen molar-refractivity contribution < 1.29 is 23.6 Å². The number of nitrogens with one attached hydrogen (secondary N) is 1. The molecule has 1 aromatic carbocycles. The number of amides is 3. The number of aromatic nitrogens is 2. The molecule has 2 aliphatic rings. The van der Waals surface area contributed by atoms with E-state index in [-0.39, 0.29) is 12.5 Å². The number of fused-ring (bicyclic) bond motifs is 1. The molecule has 1 N–H and O–H groups in total. The molecule has 1 saturated heterocycles. The molecule has 3 amide bonds. The van der Waals surface area contributed by atoms with E-state index in [4.69, 9.17) is 14.0 Å². The number of ether oxygens (including phenoxy) is 2. The third-order valence-corrected chi connectivity index (χ3v) is 4.67. The molecule has 0 saturated carbocycles. The van der Waals surface area contributed by atoms with Gasteiger partial charge in [0.2, 0.25) is 5.89 Å². The van der Waals surface area contributed by atoms with E-state index in [1.54, 1.807) is 25.1 Å². The van der Waals surface area contributed by atoms with Gasteiger partial charge in [-0.25, -0.2) is 4.79 Å². The summed E-state index contributed by atoms with van der Waals surface area (Å²) >= 11 is 0. The zero-order valence-corrected chi connectivity index (χ0v) is 15.2. The molecule has 1 atom stereocenters. The SMILES string of the molecule is CCCc1nc(CN2C(=O)N[C@](C)(c3ccc4c(c3)OCCO4)C2=O)no1. The highest BCUT2D eigenvalue weighted by Gasteiger charge is 2.49. The molecule has 1 aromatic heterocycles. The number of carbonyl (C=O) groups is 2. The van der Waals surface area contributed by atoms with Crippen molar-refractivity contribution in [2.45, 2.75) is 38.8 Å². The average Bonchev–Trinajstić information content (AvgIpc) is 3.20. The molecule has 142 valence electrons. The predicted octanol–water partition coefficient (Wildman–Crippen LogP) is 1.76. The topological polar surface area (TPSA) is 107 Å². The fourth-order valence-electron chi connectivity index (χ4n) is 3.20. The number of hydrogen-bond donors (Lipinski definition) is 1. The molecule has 0 aliphatic carbocycles. The first-order chi connectivity index (χ1) is 13.0. The second-order valence-electron chi connectivity index (χ2n) is 6.66. The number of imide groups is 1. The number of aryl methyl sites for hydroxylation is 1. The highest BCUT2D eigenvalue weighted by Crippen LogP contribution is 2.37. The number of benzene rings is 1. The van der Waals surface area contributed by atoms with Crippen molar-refractivity contribution in [3.05, 3.63) is 35.5 Å². The van der Waals surface area contributed by atoms with Crippen LogP contribution < -0.4 is 14.8 Å². The maximum absolute atomic E-state index is 13.0. The number of nitrogens with zero attached hydrogens (tertiary/aromatic N) is 3. The van der Waals surface area contributed by atoms with Crippen LogP contribution in [-0.4, -0.2) is 40.2 Å². The van der Waals surface area contributed by atoms with E-state index >= 15 is 0 Å². The molecule has 0 radical (unpaired) electrons. The van der Waals surface area contributed by atoms with Crippen molar-refractivity contribution in [1.29, 1.82) is 0 Å². The van der Waals surface area contributed by atoms with Crippen LogP contribution in [0.25, 0.3) is 0 Å². The van der Waals surface area contributed by atoms with Gasteiger partial charge in [0.25, 0.3) is 5.91 Å². The molecule has 3 heterocycles. The predicted molar refractivity (Wildman–Crippen MR) is 92.2 cm³/mol. The lowest BCUT2D eigenvalue weighted by atomic mass is 9.91. The summed E-state index contributed by atoms with van der Waals surface area (Å²) in [5.41, 5.74) is -0.588. The van der Waals surface area contributed by atoms with Crippen LogP contribution in [-0.2, 0) is 23.3 Å². The van der Waals surface area contributed by atoms with Crippen molar-refractivity contribution >= 4 is 11.9 Å². The van der Waals surface area contributed by atoms with Gasteiger partial charge in [0, 0.05) is 6.42 Å². The summed E-state index contributed by atoms with van der Waals surface area (Å²) in [6, 6.07) is 4.72. The molecule has 2 aliphatic heterocycles. The maximum atomic E-state index is 13.0. The monoisotopic (exact) mass is 372 g/mol. The number of carbonyl (C=O) groups excluding carboxylic acids is 2. The minimum Gasteiger partial charge on any atom is -0.486 e. The Hall–Kier alpha value is -3.10. The molecular formula is C18H20N4O5. The maximum Gasteiger partial charge on any atom is 0.325 e. The minimum atomic E-state index is -1.21. The van der Waals surface area contributed by atoms with Gasteiger partial charge in [0.15, 0.2) is 17.3 Å². The highest BCUT2D eigenvalue weighted by molar-refractivity contribution is 6.07. The van der Waals surface area contributed by atoms with Crippen LogP contribution in [0.15, 0.2) is 22.7 Å². The molecule has 9 nitrogen and oxygen atoms in total. The van der Waals surface area contributed by atoms with E-state index in [2.05, 4.69) is 15.5 Å². The molecule has 0 bridgehead atoms. The Kier molecular flexibility index (Phi) is 4.21. The van der Waals surface area contributed by atoms with Crippen LogP contribution in [0.5, 0.6) is 11.5 Å². The van der Waals surface area contributed by atoms with Crippen molar-refractivity contribution in [3.8, 4) is 11.5 Å². The largest absolute Gasteiger partial charge is 0.486 e. The van der Waals surface area contributed by atoms with Crippen LogP contribution in [0.1, 0.15) is 37.5 Å². The van der Waals surface area contributed by atoms with E-state index < -0.39 is 11.6 Å². The summed E-state index contributed by atoms with van der Waals surface area (Å²) in [5, 5.41) is 6.61. The minimum absolute atomic E-state index is 0.0436. The normalized spacial score (nSPS) is 21.5. The van der Waals surface area contributed by atoms with Crippen LogP contribution in [0, 0.1) is 0 Å². The number of rotatable bonds is 5. The lowest BCUT2D eigenvalue weighted by molar-refractivity contribution is -0.131. The van der Waals surface area contributed by atoms with E-state index in [0.717, 1.165) is 11.3 Å².